The topological polar surface area (TPSA) is 34.1 Å². The van der Waals surface area contributed by atoms with Crippen LogP contribution in [0.2, 0.25) is 0 Å². The second-order valence-corrected chi connectivity index (χ2v) is 7.59. The zero-order valence-electron chi connectivity index (χ0n) is 14.0. The minimum Gasteiger partial charge on any atom is -0.368 e. The minimum absolute atomic E-state index is 0.102. The van der Waals surface area contributed by atoms with Crippen molar-refractivity contribution in [1.82, 2.24) is 10.3 Å². The maximum atomic E-state index is 6.24. The van der Waals surface area contributed by atoms with E-state index in [4.69, 9.17) is 9.72 Å². The Hall–Kier alpha value is -0.450. The van der Waals surface area contributed by atoms with Gasteiger partial charge in [-0.05, 0) is 39.2 Å². The summed E-state index contributed by atoms with van der Waals surface area (Å²) in [5.41, 5.74) is 1.18. The van der Waals surface area contributed by atoms with Crippen LogP contribution in [0.25, 0.3) is 0 Å². The summed E-state index contributed by atoms with van der Waals surface area (Å²) in [5.74, 6) is 0.643. The predicted octanol–water partition coefficient (Wildman–Crippen LogP) is 4.26. The SMILES string of the molecule is CCOC1(c2nc(CC(C)C)c(CNC)s2)CCCCC1. The summed E-state index contributed by atoms with van der Waals surface area (Å²) in [6.07, 6.45) is 7.20. The van der Waals surface area contributed by atoms with Gasteiger partial charge >= 0.3 is 0 Å². The van der Waals surface area contributed by atoms with Crippen molar-refractivity contribution in [2.24, 2.45) is 5.92 Å². The van der Waals surface area contributed by atoms with E-state index in [9.17, 15) is 0 Å². The first kappa shape index (κ1) is 16.9. The van der Waals surface area contributed by atoms with Crippen LogP contribution in [0.5, 0.6) is 0 Å². The fourth-order valence-electron chi connectivity index (χ4n) is 3.24. The van der Waals surface area contributed by atoms with Crippen molar-refractivity contribution in [3.8, 4) is 0 Å². The molecule has 21 heavy (non-hydrogen) atoms. The Kier molecular flexibility index (Phi) is 6.20. The van der Waals surface area contributed by atoms with Gasteiger partial charge in [0.25, 0.3) is 0 Å². The third kappa shape index (κ3) is 4.05. The number of hydrogen-bond donors (Lipinski definition) is 1. The lowest BCUT2D eigenvalue weighted by molar-refractivity contribution is -0.0705. The maximum absolute atomic E-state index is 6.24. The molecule has 0 atom stereocenters. The molecule has 1 aromatic rings. The van der Waals surface area contributed by atoms with Gasteiger partial charge in [0.05, 0.1) is 5.69 Å². The van der Waals surface area contributed by atoms with Crippen LogP contribution in [0.3, 0.4) is 0 Å². The van der Waals surface area contributed by atoms with Crippen molar-refractivity contribution in [3.05, 3.63) is 15.6 Å². The largest absolute Gasteiger partial charge is 0.368 e. The van der Waals surface area contributed by atoms with Crippen LogP contribution in [0.1, 0.15) is 68.5 Å². The first-order valence-electron chi connectivity index (χ1n) is 8.39. The highest BCUT2D eigenvalue weighted by molar-refractivity contribution is 7.11. The molecule has 0 amide bonds. The van der Waals surface area contributed by atoms with E-state index in [2.05, 4.69) is 26.1 Å². The lowest BCUT2D eigenvalue weighted by atomic mass is 9.85. The summed E-state index contributed by atoms with van der Waals surface area (Å²) in [5, 5.41) is 4.51. The first-order chi connectivity index (χ1) is 10.1. The molecule has 0 spiro atoms. The average Bonchev–Trinajstić information content (AvgIpc) is 2.84. The second-order valence-electron chi connectivity index (χ2n) is 6.51. The van der Waals surface area contributed by atoms with E-state index in [0.717, 1.165) is 32.4 Å². The molecular formula is C17H30N2OS. The lowest BCUT2D eigenvalue weighted by Crippen LogP contribution is -2.32. The Morgan fingerprint density at radius 2 is 2.00 bits per heavy atom. The summed E-state index contributed by atoms with van der Waals surface area (Å²) in [6.45, 7) is 8.33. The number of thiazole rings is 1. The molecule has 0 unspecified atom stereocenters. The van der Waals surface area contributed by atoms with Gasteiger partial charge in [0, 0.05) is 18.0 Å². The highest BCUT2D eigenvalue weighted by Gasteiger charge is 2.38. The molecule has 0 saturated heterocycles. The van der Waals surface area contributed by atoms with E-state index in [-0.39, 0.29) is 5.60 Å². The first-order valence-corrected chi connectivity index (χ1v) is 9.20. The molecule has 4 heteroatoms. The number of nitrogens with zero attached hydrogens (tertiary/aromatic N) is 1. The third-order valence-electron chi connectivity index (χ3n) is 4.19. The molecule has 2 rings (SSSR count). The van der Waals surface area contributed by atoms with Crippen molar-refractivity contribution in [1.29, 1.82) is 0 Å². The van der Waals surface area contributed by atoms with Crippen LogP contribution in [-0.2, 0) is 23.3 Å². The van der Waals surface area contributed by atoms with Crippen LogP contribution in [0.4, 0.5) is 0 Å². The molecule has 1 aliphatic rings. The highest BCUT2D eigenvalue weighted by atomic mass is 32.1. The predicted molar refractivity (Wildman–Crippen MR) is 89.8 cm³/mol. The van der Waals surface area contributed by atoms with Gasteiger partial charge in [-0.15, -0.1) is 11.3 Å². The van der Waals surface area contributed by atoms with Gasteiger partial charge in [0.2, 0.25) is 0 Å². The van der Waals surface area contributed by atoms with Crippen LogP contribution >= 0.6 is 11.3 Å². The zero-order chi connectivity index (χ0) is 15.3. The van der Waals surface area contributed by atoms with Gasteiger partial charge in [0.1, 0.15) is 10.6 Å². The molecule has 1 N–H and O–H groups in total. The summed E-state index contributed by atoms with van der Waals surface area (Å²) < 4.78 is 6.24. The summed E-state index contributed by atoms with van der Waals surface area (Å²) in [6, 6.07) is 0. The fraction of sp³-hybridized carbons (Fsp3) is 0.824. The fourth-order valence-corrected chi connectivity index (χ4v) is 4.54. The zero-order valence-corrected chi connectivity index (χ0v) is 14.8. The Labute approximate surface area is 133 Å². The van der Waals surface area contributed by atoms with Gasteiger partial charge in [-0.3, -0.25) is 0 Å². The van der Waals surface area contributed by atoms with Crippen molar-refractivity contribution in [2.45, 2.75) is 71.4 Å². The molecule has 1 aromatic heterocycles. The van der Waals surface area contributed by atoms with Crippen molar-refractivity contribution >= 4 is 11.3 Å². The smallest absolute Gasteiger partial charge is 0.125 e. The molecule has 1 fully saturated rings. The summed E-state index contributed by atoms with van der Waals surface area (Å²) in [7, 11) is 2.01. The molecule has 1 aliphatic carbocycles. The molecule has 0 aliphatic heterocycles. The normalized spacial score (nSPS) is 18.3. The van der Waals surface area contributed by atoms with Crippen molar-refractivity contribution < 1.29 is 4.74 Å². The third-order valence-corrected chi connectivity index (χ3v) is 5.47. The van der Waals surface area contributed by atoms with E-state index in [1.54, 1.807) is 0 Å². The maximum Gasteiger partial charge on any atom is 0.125 e. The van der Waals surface area contributed by atoms with E-state index in [0.29, 0.717) is 5.92 Å². The molecular weight excluding hydrogens is 280 g/mol. The Balaban J connectivity index is 2.31. The monoisotopic (exact) mass is 310 g/mol. The number of rotatable bonds is 7. The Morgan fingerprint density at radius 1 is 1.29 bits per heavy atom. The van der Waals surface area contributed by atoms with E-state index in [1.165, 1.54) is 34.8 Å². The van der Waals surface area contributed by atoms with Gasteiger partial charge in [-0.25, -0.2) is 4.98 Å². The van der Waals surface area contributed by atoms with Crippen molar-refractivity contribution in [3.63, 3.8) is 0 Å². The quantitative estimate of drug-likeness (QED) is 0.817. The summed E-state index contributed by atoms with van der Waals surface area (Å²) in [4.78, 5) is 6.43. The number of nitrogens with one attached hydrogen (secondary N) is 1. The van der Waals surface area contributed by atoms with E-state index in [1.807, 2.05) is 18.4 Å². The molecule has 3 nitrogen and oxygen atoms in total. The standard InChI is InChI=1S/C17H30N2OS/c1-5-20-17(9-7-6-8-10-17)16-19-14(11-13(2)3)15(21-16)12-18-4/h13,18H,5-12H2,1-4H3. The Morgan fingerprint density at radius 3 is 2.57 bits per heavy atom. The van der Waals surface area contributed by atoms with Crippen LogP contribution in [0.15, 0.2) is 0 Å². The molecule has 120 valence electrons. The van der Waals surface area contributed by atoms with Gasteiger partial charge in [-0.1, -0.05) is 33.1 Å². The van der Waals surface area contributed by atoms with Crippen LogP contribution < -0.4 is 5.32 Å². The molecule has 0 bridgehead atoms. The van der Waals surface area contributed by atoms with Crippen LogP contribution in [-0.4, -0.2) is 18.6 Å². The van der Waals surface area contributed by atoms with E-state index < -0.39 is 0 Å². The van der Waals surface area contributed by atoms with Gasteiger partial charge < -0.3 is 10.1 Å². The van der Waals surface area contributed by atoms with Crippen LogP contribution in [0, 0.1) is 5.92 Å². The van der Waals surface area contributed by atoms with Gasteiger partial charge in [0.15, 0.2) is 0 Å². The Bertz CT molecular complexity index is 430. The number of ether oxygens (including phenoxy) is 1. The molecule has 0 radical (unpaired) electrons. The average molecular weight is 311 g/mol. The van der Waals surface area contributed by atoms with Gasteiger partial charge in [-0.2, -0.15) is 0 Å². The molecule has 1 heterocycles. The highest BCUT2D eigenvalue weighted by Crippen LogP contribution is 2.43. The van der Waals surface area contributed by atoms with E-state index >= 15 is 0 Å². The summed E-state index contributed by atoms with van der Waals surface area (Å²) >= 11 is 1.87. The second kappa shape index (κ2) is 7.70. The lowest BCUT2D eigenvalue weighted by Gasteiger charge is -2.35. The number of aromatic nitrogens is 1. The van der Waals surface area contributed by atoms with Crippen molar-refractivity contribution in [2.75, 3.05) is 13.7 Å². The molecule has 1 saturated carbocycles. The molecule has 0 aromatic carbocycles. The number of hydrogen-bond acceptors (Lipinski definition) is 4. The minimum atomic E-state index is -0.102.